The number of benzene rings is 2. The lowest BCUT2D eigenvalue weighted by Gasteiger charge is -2.06. The predicted octanol–water partition coefficient (Wildman–Crippen LogP) is 3.33. The maximum absolute atomic E-state index is 12.0. The van der Waals surface area contributed by atoms with E-state index in [1.165, 1.54) is 0 Å². The number of hydrogen-bond donors (Lipinski definition) is 0. The zero-order chi connectivity index (χ0) is 13.0. The molecule has 0 bridgehead atoms. The SMILES string of the molecule is C/C=C/CS(=O)(=O)Cc1cccc2ccccc12. The Kier molecular flexibility index (Phi) is 3.82. The molecular formula is C15H16O2S. The first-order valence-corrected chi connectivity index (χ1v) is 7.73. The highest BCUT2D eigenvalue weighted by molar-refractivity contribution is 7.90. The van der Waals surface area contributed by atoms with Crippen molar-refractivity contribution in [3.05, 3.63) is 60.2 Å². The van der Waals surface area contributed by atoms with Gasteiger partial charge < -0.3 is 0 Å². The quantitative estimate of drug-likeness (QED) is 0.790. The third-order valence-corrected chi connectivity index (χ3v) is 4.29. The molecule has 0 saturated carbocycles. The van der Waals surface area contributed by atoms with Gasteiger partial charge in [-0.3, -0.25) is 0 Å². The minimum absolute atomic E-state index is 0.0959. The summed E-state index contributed by atoms with van der Waals surface area (Å²) < 4.78 is 23.9. The third kappa shape index (κ3) is 2.99. The Balaban J connectivity index is 2.38. The molecule has 3 heteroatoms. The van der Waals surface area contributed by atoms with Crippen molar-refractivity contribution in [1.29, 1.82) is 0 Å². The highest BCUT2D eigenvalue weighted by Gasteiger charge is 2.11. The van der Waals surface area contributed by atoms with Crippen LogP contribution in [0.5, 0.6) is 0 Å². The number of rotatable bonds is 4. The first-order chi connectivity index (χ1) is 8.62. The minimum Gasteiger partial charge on any atom is -0.228 e. The molecule has 0 spiro atoms. The van der Waals surface area contributed by atoms with Gasteiger partial charge in [0.15, 0.2) is 9.84 Å². The molecule has 0 aliphatic rings. The first-order valence-electron chi connectivity index (χ1n) is 5.90. The van der Waals surface area contributed by atoms with E-state index in [4.69, 9.17) is 0 Å². The zero-order valence-electron chi connectivity index (χ0n) is 10.3. The van der Waals surface area contributed by atoms with Crippen molar-refractivity contribution in [2.75, 3.05) is 5.75 Å². The monoisotopic (exact) mass is 260 g/mol. The van der Waals surface area contributed by atoms with Crippen molar-refractivity contribution < 1.29 is 8.42 Å². The molecule has 0 aromatic heterocycles. The van der Waals surface area contributed by atoms with E-state index in [0.29, 0.717) is 0 Å². The lowest BCUT2D eigenvalue weighted by Crippen LogP contribution is -2.07. The standard InChI is InChI=1S/C15H16O2S/c1-2-3-11-18(16,17)12-14-9-6-8-13-7-4-5-10-15(13)14/h2-10H,11-12H2,1H3/b3-2+. The molecule has 0 amide bonds. The predicted molar refractivity (Wildman–Crippen MR) is 76.3 cm³/mol. The molecule has 2 nitrogen and oxygen atoms in total. The molecule has 0 unspecified atom stereocenters. The molecule has 0 atom stereocenters. The van der Waals surface area contributed by atoms with Gasteiger partial charge in [-0.25, -0.2) is 8.42 Å². The zero-order valence-corrected chi connectivity index (χ0v) is 11.2. The topological polar surface area (TPSA) is 34.1 Å². The lowest BCUT2D eigenvalue weighted by atomic mass is 10.1. The van der Waals surface area contributed by atoms with E-state index in [2.05, 4.69) is 0 Å². The van der Waals surface area contributed by atoms with Crippen molar-refractivity contribution in [2.45, 2.75) is 12.7 Å². The molecule has 0 radical (unpaired) electrons. The molecule has 0 saturated heterocycles. The largest absolute Gasteiger partial charge is 0.228 e. The summed E-state index contributed by atoms with van der Waals surface area (Å²) in [5.41, 5.74) is 0.873. The Morgan fingerprint density at radius 3 is 2.56 bits per heavy atom. The summed E-state index contributed by atoms with van der Waals surface area (Å²) in [6.07, 6.45) is 3.45. The number of hydrogen-bond acceptors (Lipinski definition) is 2. The second-order valence-corrected chi connectivity index (χ2v) is 6.37. The van der Waals surface area contributed by atoms with Gasteiger partial charge in [-0.15, -0.1) is 0 Å². The highest BCUT2D eigenvalue weighted by Crippen LogP contribution is 2.20. The van der Waals surface area contributed by atoms with Crippen molar-refractivity contribution in [3.63, 3.8) is 0 Å². The molecule has 94 valence electrons. The Labute approximate surface area is 108 Å². The third-order valence-electron chi connectivity index (χ3n) is 2.84. The normalized spacial score (nSPS) is 12.3. The van der Waals surface area contributed by atoms with Gasteiger partial charge in [-0.2, -0.15) is 0 Å². The summed E-state index contributed by atoms with van der Waals surface area (Å²) >= 11 is 0. The van der Waals surface area contributed by atoms with Gasteiger partial charge in [0.2, 0.25) is 0 Å². The van der Waals surface area contributed by atoms with Crippen molar-refractivity contribution >= 4 is 20.6 Å². The van der Waals surface area contributed by atoms with Crippen LogP contribution in [0.4, 0.5) is 0 Å². The maximum Gasteiger partial charge on any atom is 0.158 e. The maximum atomic E-state index is 12.0. The fourth-order valence-corrected chi connectivity index (χ4v) is 3.29. The van der Waals surface area contributed by atoms with Crippen LogP contribution in [-0.2, 0) is 15.6 Å². The summed E-state index contributed by atoms with van der Waals surface area (Å²) in [6, 6.07) is 13.6. The minimum atomic E-state index is -3.08. The van der Waals surface area contributed by atoms with Gasteiger partial charge in [0.05, 0.1) is 11.5 Å². The molecule has 0 aliphatic heterocycles. The van der Waals surface area contributed by atoms with Gasteiger partial charge in [0, 0.05) is 0 Å². The first kappa shape index (κ1) is 12.8. The summed E-state index contributed by atoms with van der Waals surface area (Å²) in [6.45, 7) is 1.83. The van der Waals surface area contributed by atoms with Crippen LogP contribution in [0.3, 0.4) is 0 Å². The van der Waals surface area contributed by atoms with E-state index in [0.717, 1.165) is 16.3 Å². The van der Waals surface area contributed by atoms with E-state index >= 15 is 0 Å². The summed E-state index contributed by atoms with van der Waals surface area (Å²) in [4.78, 5) is 0. The molecule has 2 aromatic rings. The van der Waals surface area contributed by atoms with Crippen molar-refractivity contribution in [3.8, 4) is 0 Å². The van der Waals surface area contributed by atoms with E-state index in [1.54, 1.807) is 12.2 Å². The fraction of sp³-hybridized carbons (Fsp3) is 0.200. The number of fused-ring (bicyclic) bond motifs is 1. The van der Waals surface area contributed by atoms with Crippen LogP contribution in [0.25, 0.3) is 10.8 Å². The molecule has 0 heterocycles. The average molecular weight is 260 g/mol. The summed E-state index contributed by atoms with van der Waals surface area (Å²) in [7, 11) is -3.08. The second-order valence-electron chi connectivity index (χ2n) is 4.26. The Bertz CT molecular complexity index is 664. The molecule has 0 fully saturated rings. The molecular weight excluding hydrogens is 244 g/mol. The Morgan fingerprint density at radius 1 is 1.06 bits per heavy atom. The van der Waals surface area contributed by atoms with Crippen molar-refractivity contribution in [1.82, 2.24) is 0 Å². The van der Waals surface area contributed by atoms with Gasteiger partial charge in [-0.05, 0) is 23.3 Å². The molecule has 0 aliphatic carbocycles. The Morgan fingerprint density at radius 2 is 1.78 bits per heavy atom. The summed E-state index contributed by atoms with van der Waals surface area (Å²) in [5.74, 6) is 0.200. The smallest absolute Gasteiger partial charge is 0.158 e. The summed E-state index contributed by atoms with van der Waals surface area (Å²) in [5, 5.41) is 2.10. The van der Waals surface area contributed by atoms with E-state index < -0.39 is 9.84 Å². The van der Waals surface area contributed by atoms with E-state index in [-0.39, 0.29) is 11.5 Å². The molecule has 0 N–H and O–H groups in total. The molecule has 2 rings (SSSR count). The van der Waals surface area contributed by atoms with E-state index in [1.807, 2.05) is 49.4 Å². The lowest BCUT2D eigenvalue weighted by molar-refractivity contribution is 0.598. The molecule has 2 aromatic carbocycles. The Hall–Kier alpha value is -1.61. The van der Waals surface area contributed by atoms with Crippen LogP contribution in [0, 0.1) is 0 Å². The van der Waals surface area contributed by atoms with Gasteiger partial charge in [0.25, 0.3) is 0 Å². The fourth-order valence-electron chi connectivity index (χ4n) is 1.96. The van der Waals surface area contributed by atoms with Gasteiger partial charge in [-0.1, -0.05) is 54.6 Å². The second kappa shape index (κ2) is 5.36. The van der Waals surface area contributed by atoms with Crippen LogP contribution < -0.4 is 0 Å². The van der Waals surface area contributed by atoms with Gasteiger partial charge >= 0.3 is 0 Å². The van der Waals surface area contributed by atoms with Crippen LogP contribution in [0.1, 0.15) is 12.5 Å². The van der Waals surface area contributed by atoms with Crippen LogP contribution in [0.2, 0.25) is 0 Å². The highest BCUT2D eigenvalue weighted by atomic mass is 32.2. The number of allylic oxidation sites excluding steroid dienone is 1. The van der Waals surface area contributed by atoms with Crippen molar-refractivity contribution in [2.24, 2.45) is 0 Å². The average Bonchev–Trinajstić information content (AvgIpc) is 2.37. The van der Waals surface area contributed by atoms with Crippen LogP contribution >= 0.6 is 0 Å². The van der Waals surface area contributed by atoms with Gasteiger partial charge in [0.1, 0.15) is 0 Å². The van der Waals surface area contributed by atoms with Crippen LogP contribution in [-0.4, -0.2) is 14.2 Å². The van der Waals surface area contributed by atoms with Crippen LogP contribution in [0.15, 0.2) is 54.6 Å². The molecule has 18 heavy (non-hydrogen) atoms. The van der Waals surface area contributed by atoms with E-state index in [9.17, 15) is 8.42 Å². The number of sulfone groups is 1.